The number of para-hydroxylation sites is 1. The minimum Gasteiger partial charge on any atom is -0.497 e. The zero-order chi connectivity index (χ0) is 20.7. The van der Waals surface area contributed by atoms with Crippen LogP contribution in [0, 0.1) is 0 Å². The second-order valence-electron chi connectivity index (χ2n) is 8.29. The maximum absolute atomic E-state index is 5.68. The number of aromatic amines is 1. The topological polar surface area (TPSA) is 40.7 Å². The SMILES string of the molecule is C=CCN1C[C@H]2c3[nH]c4ccccc4c3C[C@@H]1CN2Cc1ccc(OC)cc1OC. The van der Waals surface area contributed by atoms with Crippen molar-refractivity contribution in [1.29, 1.82) is 0 Å². The van der Waals surface area contributed by atoms with E-state index in [1.54, 1.807) is 14.2 Å². The van der Waals surface area contributed by atoms with Gasteiger partial charge < -0.3 is 14.5 Å². The summed E-state index contributed by atoms with van der Waals surface area (Å²) in [6.07, 6.45) is 3.10. The Hall–Kier alpha value is -2.76. The molecule has 3 aliphatic heterocycles. The molecule has 0 amide bonds. The maximum atomic E-state index is 5.68. The molecule has 156 valence electrons. The summed E-state index contributed by atoms with van der Waals surface area (Å²) in [5, 5.41) is 1.37. The number of hydrogen-bond acceptors (Lipinski definition) is 4. The number of H-pyrrole nitrogens is 1. The van der Waals surface area contributed by atoms with Gasteiger partial charge in [0.1, 0.15) is 11.5 Å². The maximum Gasteiger partial charge on any atom is 0.127 e. The number of rotatable bonds is 6. The van der Waals surface area contributed by atoms with Crippen molar-refractivity contribution in [2.45, 2.75) is 25.0 Å². The molecule has 0 aliphatic carbocycles. The minimum atomic E-state index is 0.318. The predicted molar refractivity (Wildman–Crippen MR) is 120 cm³/mol. The number of ether oxygens (including phenoxy) is 2. The van der Waals surface area contributed by atoms with E-state index in [2.05, 4.69) is 51.7 Å². The summed E-state index contributed by atoms with van der Waals surface area (Å²) < 4.78 is 11.1. The molecule has 2 atom stereocenters. The summed E-state index contributed by atoms with van der Waals surface area (Å²) in [6, 6.07) is 15.6. The molecule has 0 spiro atoms. The smallest absolute Gasteiger partial charge is 0.127 e. The molecule has 1 N–H and O–H groups in total. The average Bonchev–Trinajstić information content (AvgIpc) is 2.99. The Kier molecular flexibility index (Phi) is 5.01. The fourth-order valence-corrected chi connectivity index (χ4v) is 5.19. The average molecular weight is 404 g/mol. The van der Waals surface area contributed by atoms with Crippen LogP contribution in [0.25, 0.3) is 10.9 Å². The minimum absolute atomic E-state index is 0.318. The monoisotopic (exact) mass is 403 g/mol. The van der Waals surface area contributed by atoms with Gasteiger partial charge >= 0.3 is 0 Å². The predicted octanol–water partition coefficient (Wildman–Crippen LogP) is 4.15. The first-order chi connectivity index (χ1) is 14.7. The Morgan fingerprint density at radius 3 is 2.77 bits per heavy atom. The van der Waals surface area contributed by atoms with Crippen molar-refractivity contribution in [1.82, 2.24) is 14.8 Å². The standard InChI is InChI=1S/C25H29N3O2/c1-4-11-27-16-23-25-21(20-7-5-6-8-22(20)26-25)12-18(27)15-28(23)14-17-9-10-19(29-2)13-24(17)30-3/h4-10,13,18,23,26H,1,11-12,14-16H2,2-3H3/t18-,23+/m1/s1. The van der Waals surface area contributed by atoms with Crippen molar-refractivity contribution < 1.29 is 9.47 Å². The molecule has 5 nitrogen and oxygen atoms in total. The van der Waals surface area contributed by atoms with Gasteiger partial charge in [-0.05, 0) is 24.1 Å². The molecule has 0 saturated carbocycles. The molecular formula is C25H29N3O2. The molecule has 3 aromatic rings. The van der Waals surface area contributed by atoms with Gasteiger partial charge in [-0.25, -0.2) is 0 Å². The van der Waals surface area contributed by atoms with Gasteiger partial charge in [0.15, 0.2) is 0 Å². The first kappa shape index (κ1) is 19.2. The summed E-state index contributed by atoms with van der Waals surface area (Å²) in [6.45, 7) is 7.82. The molecular weight excluding hydrogens is 374 g/mol. The lowest BCUT2D eigenvalue weighted by Gasteiger charge is -2.43. The van der Waals surface area contributed by atoms with E-state index in [0.717, 1.165) is 44.1 Å². The van der Waals surface area contributed by atoms with Crippen LogP contribution < -0.4 is 9.47 Å². The lowest BCUT2D eigenvalue weighted by Crippen LogP contribution is -2.53. The molecule has 2 aromatic carbocycles. The quantitative estimate of drug-likeness (QED) is 0.628. The molecule has 0 unspecified atom stereocenters. The second-order valence-corrected chi connectivity index (χ2v) is 8.29. The first-order valence-corrected chi connectivity index (χ1v) is 10.6. The van der Waals surface area contributed by atoms with Crippen molar-refractivity contribution in [3.05, 3.63) is 71.9 Å². The highest BCUT2D eigenvalue weighted by atomic mass is 16.5. The number of aromatic nitrogens is 1. The van der Waals surface area contributed by atoms with E-state index >= 15 is 0 Å². The van der Waals surface area contributed by atoms with Gasteiger partial charge in [0.05, 0.1) is 20.3 Å². The third-order valence-electron chi connectivity index (χ3n) is 6.66. The van der Waals surface area contributed by atoms with Crippen molar-refractivity contribution in [3.63, 3.8) is 0 Å². The molecule has 5 heteroatoms. The van der Waals surface area contributed by atoms with Crippen LogP contribution in [-0.2, 0) is 13.0 Å². The summed E-state index contributed by atoms with van der Waals surface area (Å²) in [5.74, 6) is 1.71. The molecule has 1 aromatic heterocycles. The van der Waals surface area contributed by atoms with E-state index in [1.807, 2.05) is 18.2 Å². The lowest BCUT2D eigenvalue weighted by atomic mass is 10.0. The van der Waals surface area contributed by atoms with Crippen LogP contribution in [-0.4, -0.2) is 54.7 Å². The molecule has 2 bridgehead atoms. The van der Waals surface area contributed by atoms with E-state index in [4.69, 9.17) is 9.47 Å². The van der Waals surface area contributed by atoms with E-state index in [1.165, 1.54) is 27.7 Å². The van der Waals surface area contributed by atoms with E-state index < -0.39 is 0 Å². The largest absolute Gasteiger partial charge is 0.497 e. The number of nitrogens with zero attached hydrogens (tertiary/aromatic N) is 2. The highest BCUT2D eigenvalue weighted by Gasteiger charge is 2.40. The van der Waals surface area contributed by atoms with Crippen LogP contribution in [0.2, 0.25) is 0 Å². The van der Waals surface area contributed by atoms with Gasteiger partial charge in [0.25, 0.3) is 0 Å². The number of benzene rings is 2. The van der Waals surface area contributed by atoms with Crippen LogP contribution in [0.3, 0.4) is 0 Å². The van der Waals surface area contributed by atoms with Gasteiger partial charge in [-0.15, -0.1) is 6.58 Å². The van der Waals surface area contributed by atoms with Crippen molar-refractivity contribution >= 4 is 10.9 Å². The van der Waals surface area contributed by atoms with Crippen LogP contribution in [0.1, 0.15) is 22.9 Å². The highest BCUT2D eigenvalue weighted by molar-refractivity contribution is 5.85. The van der Waals surface area contributed by atoms with E-state index in [-0.39, 0.29) is 0 Å². The zero-order valence-electron chi connectivity index (χ0n) is 17.7. The third-order valence-corrected chi connectivity index (χ3v) is 6.66. The van der Waals surface area contributed by atoms with Crippen molar-refractivity contribution in [2.24, 2.45) is 0 Å². The Morgan fingerprint density at radius 2 is 1.97 bits per heavy atom. The summed E-state index contributed by atoms with van der Waals surface area (Å²) in [4.78, 5) is 8.96. The van der Waals surface area contributed by atoms with Crippen molar-refractivity contribution in [3.8, 4) is 11.5 Å². The molecule has 30 heavy (non-hydrogen) atoms. The molecule has 1 saturated heterocycles. The molecule has 1 fully saturated rings. The summed E-state index contributed by atoms with van der Waals surface area (Å²) in [7, 11) is 3.42. The second kappa shape index (κ2) is 7.82. The van der Waals surface area contributed by atoms with Gasteiger partial charge in [-0.3, -0.25) is 9.80 Å². The van der Waals surface area contributed by atoms with Crippen LogP contribution in [0.5, 0.6) is 11.5 Å². The number of nitrogens with one attached hydrogen (secondary N) is 1. The number of piperazine rings is 1. The summed E-state index contributed by atoms with van der Waals surface area (Å²) >= 11 is 0. The van der Waals surface area contributed by atoms with Gasteiger partial charge in [-0.1, -0.05) is 30.3 Å². The number of hydrogen-bond donors (Lipinski definition) is 1. The molecule has 3 aliphatic rings. The Balaban J connectivity index is 1.53. The Labute approximate surface area is 177 Å². The first-order valence-electron chi connectivity index (χ1n) is 10.6. The molecule has 4 heterocycles. The van der Waals surface area contributed by atoms with Crippen LogP contribution >= 0.6 is 0 Å². The van der Waals surface area contributed by atoms with Crippen LogP contribution in [0.15, 0.2) is 55.1 Å². The summed E-state index contributed by atoms with van der Waals surface area (Å²) in [5.41, 5.74) is 5.29. The Bertz CT molecular complexity index is 1070. The van der Waals surface area contributed by atoms with Gasteiger partial charge in [-0.2, -0.15) is 0 Å². The van der Waals surface area contributed by atoms with E-state index in [0.29, 0.717) is 12.1 Å². The molecule has 0 radical (unpaired) electrons. The highest BCUT2D eigenvalue weighted by Crippen LogP contribution is 2.40. The number of fused-ring (bicyclic) bond motifs is 3. The fourth-order valence-electron chi connectivity index (χ4n) is 5.19. The third kappa shape index (κ3) is 3.18. The lowest BCUT2D eigenvalue weighted by molar-refractivity contribution is 0.0361. The zero-order valence-corrected chi connectivity index (χ0v) is 17.7. The fraction of sp³-hybridized carbons (Fsp3) is 0.360. The van der Waals surface area contributed by atoms with E-state index in [9.17, 15) is 0 Å². The van der Waals surface area contributed by atoms with Crippen molar-refractivity contribution in [2.75, 3.05) is 33.9 Å². The number of methoxy groups -OCH3 is 2. The normalized spacial score (nSPS) is 21.4. The van der Waals surface area contributed by atoms with Crippen LogP contribution in [0.4, 0.5) is 0 Å². The Morgan fingerprint density at radius 1 is 1.10 bits per heavy atom. The molecule has 6 rings (SSSR count). The van der Waals surface area contributed by atoms with Gasteiger partial charge in [0.2, 0.25) is 0 Å². The van der Waals surface area contributed by atoms with Gasteiger partial charge in [0, 0.05) is 60.4 Å².